The van der Waals surface area contributed by atoms with Crippen LogP contribution in [0.25, 0.3) is 0 Å². The Labute approximate surface area is 98.3 Å². The van der Waals surface area contributed by atoms with Crippen LogP contribution in [-0.2, 0) is 10.5 Å². The summed E-state index contributed by atoms with van der Waals surface area (Å²) in [6.07, 6.45) is 6.69. The van der Waals surface area contributed by atoms with Crippen LogP contribution in [0.3, 0.4) is 0 Å². The minimum absolute atomic E-state index is 0.123. The van der Waals surface area contributed by atoms with Crippen molar-refractivity contribution >= 4 is 17.7 Å². The van der Waals surface area contributed by atoms with E-state index in [1.165, 1.54) is 37.4 Å². The Morgan fingerprint density at radius 2 is 2.31 bits per heavy atom. The minimum Gasteiger partial charge on any atom is -0.481 e. The van der Waals surface area contributed by atoms with Gasteiger partial charge < -0.3 is 9.67 Å². The molecule has 88 valence electrons. The summed E-state index contributed by atoms with van der Waals surface area (Å²) in [5, 5.41) is 16.5. The van der Waals surface area contributed by atoms with E-state index in [1.807, 2.05) is 0 Å². The quantitative estimate of drug-likeness (QED) is 0.850. The smallest absolute Gasteiger partial charge is 0.313 e. The van der Waals surface area contributed by atoms with Crippen molar-refractivity contribution in [3.8, 4) is 0 Å². The van der Waals surface area contributed by atoms with E-state index in [9.17, 15) is 4.79 Å². The normalized spacial score (nSPS) is 16.8. The molecule has 1 aliphatic carbocycles. The summed E-state index contributed by atoms with van der Waals surface area (Å²) in [4.78, 5) is 10.4. The highest BCUT2D eigenvalue weighted by molar-refractivity contribution is 7.99. The molecule has 16 heavy (non-hydrogen) atoms. The molecule has 0 bridgehead atoms. The molecule has 0 radical (unpaired) electrons. The molecule has 1 saturated carbocycles. The summed E-state index contributed by atoms with van der Waals surface area (Å²) < 4.78 is 2.11. The standard InChI is InChI=1S/C10H15N3O2S/c14-10(15)6-16-5-9-12-11-7-13(9)8-3-1-2-4-8/h7-8H,1-6H2,(H,14,15). The van der Waals surface area contributed by atoms with Crippen molar-refractivity contribution in [1.29, 1.82) is 0 Å². The van der Waals surface area contributed by atoms with Crippen LogP contribution in [0.4, 0.5) is 0 Å². The Hall–Kier alpha value is -1.04. The summed E-state index contributed by atoms with van der Waals surface area (Å²) >= 11 is 1.37. The fraction of sp³-hybridized carbons (Fsp3) is 0.700. The third kappa shape index (κ3) is 2.75. The van der Waals surface area contributed by atoms with Gasteiger partial charge in [-0.1, -0.05) is 12.8 Å². The average Bonchev–Trinajstić information content (AvgIpc) is 2.84. The Balaban J connectivity index is 1.93. The SMILES string of the molecule is O=C(O)CSCc1nncn1C1CCCC1. The largest absolute Gasteiger partial charge is 0.481 e. The summed E-state index contributed by atoms with van der Waals surface area (Å²) in [6.45, 7) is 0. The zero-order valence-corrected chi connectivity index (χ0v) is 9.82. The zero-order valence-electron chi connectivity index (χ0n) is 9.00. The van der Waals surface area contributed by atoms with Crippen molar-refractivity contribution < 1.29 is 9.90 Å². The molecule has 1 heterocycles. The second-order valence-electron chi connectivity index (χ2n) is 3.98. The molecule has 1 fully saturated rings. The molecular formula is C10H15N3O2S. The molecular weight excluding hydrogens is 226 g/mol. The molecule has 1 aromatic rings. The van der Waals surface area contributed by atoms with Gasteiger partial charge in [-0.15, -0.1) is 22.0 Å². The van der Waals surface area contributed by atoms with Gasteiger partial charge in [0, 0.05) is 6.04 Å². The van der Waals surface area contributed by atoms with Crippen LogP contribution in [-0.4, -0.2) is 31.6 Å². The maximum atomic E-state index is 10.4. The van der Waals surface area contributed by atoms with Gasteiger partial charge in [0.05, 0.1) is 11.5 Å². The number of nitrogens with zero attached hydrogens (tertiary/aromatic N) is 3. The Bertz CT molecular complexity index is 361. The molecule has 1 aromatic heterocycles. The van der Waals surface area contributed by atoms with Crippen LogP contribution in [0.5, 0.6) is 0 Å². The third-order valence-corrected chi connectivity index (χ3v) is 3.74. The number of carbonyl (C=O) groups is 1. The van der Waals surface area contributed by atoms with Crippen molar-refractivity contribution in [2.75, 3.05) is 5.75 Å². The summed E-state index contributed by atoms with van der Waals surface area (Å²) in [6, 6.07) is 0.524. The van der Waals surface area contributed by atoms with Gasteiger partial charge in [-0.3, -0.25) is 4.79 Å². The molecule has 6 heteroatoms. The maximum absolute atomic E-state index is 10.4. The van der Waals surface area contributed by atoms with Gasteiger partial charge >= 0.3 is 5.97 Å². The topological polar surface area (TPSA) is 68.0 Å². The number of carboxylic acid groups (broad SMARTS) is 1. The van der Waals surface area contributed by atoms with Gasteiger partial charge in [-0.25, -0.2) is 0 Å². The van der Waals surface area contributed by atoms with E-state index in [2.05, 4.69) is 14.8 Å². The number of aliphatic carboxylic acids is 1. The molecule has 2 rings (SSSR count). The first-order chi connectivity index (χ1) is 7.77. The van der Waals surface area contributed by atoms with Gasteiger partial charge in [0.15, 0.2) is 0 Å². The first kappa shape index (κ1) is 11.4. The number of hydrogen-bond acceptors (Lipinski definition) is 4. The average molecular weight is 241 g/mol. The van der Waals surface area contributed by atoms with Gasteiger partial charge in [0.2, 0.25) is 0 Å². The lowest BCUT2D eigenvalue weighted by molar-refractivity contribution is -0.133. The van der Waals surface area contributed by atoms with Crippen LogP contribution < -0.4 is 0 Å². The first-order valence-corrected chi connectivity index (χ1v) is 6.61. The zero-order chi connectivity index (χ0) is 11.4. The maximum Gasteiger partial charge on any atom is 0.313 e. The van der Waals surface area contributed by atoms with Gasteiger partial charge in [-0.2, -0.15) is 0 Å². The fourth-order valence-electron chi connectivity index (χ4n) is 2.09. The molecule has 0 atom stereocenters. The van der Waals surface area contributed by atoms with E-state index in [-0.39, 0.29) is 5.75 Å². The lowest BCUT2D eigenvalue weighted by Crippen LogP contribution is -2.08. The highest BCUT2D eigenvalue weighted by atomic mass is 32.2. The van der Waals surface area contributed by atoms with E-state index < -0.39 is 5.97 Å². The van der Waals surface area contributed by atoms with E-state index in [4.69, 9.17) is 5.11 Å². The Kier molecular flexibility index (Phi) is 3.82. The fourth-order valence-corrected chi connectivity index (χ4v) is 2.75. The summed E-state index contributed by atoms with van der Waals surface area (Å²) in [7, 11) is 0. The first-order valence-electron chi connectivity index (χ1n) is 5.45. The van der Waals surface area contributed by atoms with Gasteiger partial charge in [0.25, 0.3) is 0 Å². The predicted octanol–water partition coefficient (Wildman–Crippen LogP) is 1.71. The lowest BCUT2D eigenvalue weighted by atomic mass is 10.2. The number of aromatic nitrogens is 3. The minimum atomic E-state index is -0.781. The van der Waals surface area contributed by atoms with Crippen molar-refractivity contribution in [2.45, 2.75) is 37.5 Å². The van der Waals surface area contributed by atoms with E-state index >= 15 is 0 Å². The van der Waals surface area contributed by atoms with Crippen molar-refractivity contribution in [2.24, 2.45) is 0 Å². The highest BCUT2D eigenvalue weighted by Gasteiger charge is 2.19. The molecule has 0 amide bonds. The molecule has 0 saturated heterocycles. The number of rotatable bonds is 5. The van der Waals surface area contributed by atoms with Crippen molar-refractivity contribution in [3.63, 3.8) is 0 Å². The summed E-state index contributed by atoms with van der Waals surface area (Å²) in [5.74, 6) is 0.871. The van der Waals surface area contributed by atoms with Gasteiger partial charge in [-0.05, 0) is 12.8 Å². The molecule has 0 aliphatic heterocycles. The van der Waals surface area contributed by atoms with Crippen LogP contribution >= 0.6 is 11.8 Å². The highest BCUT2D eigenvalue weighted by Crippen LogP contribution is 2.30. The molecule has 0 spiro atoms. The van der Waals surface area contributed by atoms with Crippen LogP contribution in [0.2, 0.25) is 0 Å². The predicted molar refractivity (Wildman–Crippen MR) is 61.3 cm³/mol. The molecule has 0 unspecified atom stereocenters. The lowest BCUT2D eigenvalue weighted by Gasteiger charge is -2.12. The summed E-state index contributed by atoms with van der Waals surface area (Å²) in [5.41, 5.74) is 0. The van der Waals surface area contributed by atoms with Crippen LogP contribution in [0.1, 0.15) is 37.5 Å². The van der Waals surface area contributed by atoms with Crippen molar-refractivity contribution in [1.82, 2.24) is 14.8 Å². The monoisotopic (exact) mass is 241 g/mol. The number of carboxylic acids is 1. The Morgan fingerprint density at radius 3 is 3.00 bits per heavy atom. The molecule has 1 aliphatic rings. The second kappa shape index (κ2) is 5.34. The van der Waals surface area contributed by atoms with E-state index in [1.54, 1.807) is 6.33 Å². The third-order valence-electron chi connectivity index (χ3n) is 2.82. The van der Waals surface area contributed by atoms with E-state index in [0.29, 0.717) is 11.8 Å². The van der Waals surface area contributed by atoms with Crippen molar-refractivity contribution in [3.05, 3.63) is 12.2 Å². The van der Waals surface area contributed by atoms with E-state index in [0.717, 1.165) is 5.82 Å². The van der Waals surface area contributed by atoms with Crippen LogP contribution in [0, 0.1) is 0 Å². The number of thioether (sulfide) groups is 1. The van der Waals surface area contributed by atoms with Gasteiger partial charge in [0.1, 0.15) is 12.2 Å². The second-order valence-corrected chi connectivity index (χ2v) is 4.96. The number of hydrogen-bond donors (Lipinski definition) is 1. The molecule has 0 aromatic carbocycles. The molecule has 5 nitrogen and oxygen atoms in total. The van der Waals surface area contributed by atoms with Crippen LogP contribution in [0.15, 0.2) is 6.33 Å². The Morgan fingerprint density at radius 1 is 1.56 bits per heavy atom. The molecule has 1 N–H and O–H groups in total.